The summed E-state index contributed by atoms with van der Waals surface area (Å²) in [6, 6.07) is 8.06. The third kappa shape index (κ3) is 1.29. The number of hydrogen-bond donors (Lipinski definition) is 1. The molecule has 0 bridgehead atoms. The van der Waals surface area contributed by atoms with Crippen LogP contribution >= 0.6 is 11.3 Å². The number of nitrogens with two attached hydrogens (primary N) is 1. The fraction of sp³-hybridized carbons (Fsp3) is 0.0909. The molecule has 5 heteroatoms. The number of benzene rings is 1. The van der Waals surface area contributed by atoms with E-state index in [9.17, 15) is 0 Å². The maximum absolute atomic E-state index is 5.88. The predicted molar refractivity (Wildman–Crippen MR) is 66.2 cm³/mol. The number of aryl methyl sites for hydroxylation is 1. The van der Waals surface area contributed by atoms with Gasteiger partial charge in [0.05, 0.1) is 22.1 Å². The van der Waals surface area contributed by atoms with Gasteiger partial charge in [-0.05, 0) is 12.1 Å². The first-order chi connectivity index (χ1) is 7.75. The summed E-state index contributed by atoms with van der Waals surface area (Å²) in [4.78, 5) is 4.55. The maximum atomic E-state index is 5.88. The zero-order chi connectivity index (χ0) is 11.1. The molecule has 0 aliphatic carbocycles. The second-order valence-corrected chi connectivity index (χ2v) is 4.59. The number of nitrogen functional groups attached to an aromatic ring is 1. The van der Waals surface area contributed by atoms with Gasteiger partial charge in [-0.1, -0.05) is 12.1 Å². The lowest BCUT2D eigenvalue weighted by atomic mass is 10.3. The highest BCUT2D eigenvalue weighted by atomic mass is 32.1. The number of anilines is 1. The van der Waals surface area contributed by atoms with Gasteiger partial charge in [-0.15, -0.1) is 11.3 Å². The zero-order valence-electron chi connectivity index (χ0n) is 8.71. The Bertz CT molecular complexity index is 600. The number of nitrogens with zero attached hydrogens (tertiary/aromatic N) is 3. The van der Waals surface area contributed by atoms with Gasteiger partial charge in [-0.25, -0.2) is 4.98 Å². The summed E-state index contributed by atoms with van der Waals surface area (Å²) >= 11 is 1.63. The summed E-state index contributed by atoms with van der Waals surface area (Å²) in [5.41, 5.74) is 8.44. The van der Waals surface area contributed by atoms with E-state index in [1.165, 1.54) is 0 Å². The molecule has 0 aliphatic rings. The molecule has 0 spiro atoms. The van der Waals surface area contributed by atoms with Crippen molar-refractivity contribution >= 4 is 27.2 Å². The first kappa shape index (κ1) is 9.35. The third-order valence-electron chi connectivity index (χ3n) is 2.46. The Morgan fingerprint density at radius 2 is 2.12 bits per heavy atom. The predicted octanol–water partition coefficient (Wildman–Crippen LogP) is 2.28. The molecular weight excluding hydrogens is 220 g/mol. The smallest absolute Gasteiger partial charge is 0.144 e. The summed E-state index contributed by atoms with van der Waals surface area (Å²) in [6.07, 6.45) is 1.65. The van der Waals surface area contributed by atoms with Gasteiger partial charge < -0.3 is 5.73 Å². The minimum atomic E-state index is 0.668. The monoisotopic (exact) mass is 230 g/mol. The van der Waals surface area contributed by atoms with Gasteiger partial charge in [0.25, 0.3) is 0 Å². The van der Waals surface area contributed by atoms with Crippen molar-refractivity contribution in [3.63, 3.8) is 0 Å². The number of aromatic nitrogens is 3. The van der Waals surface area contributed by atoms with Crippen molar-refractivity contribution in [2.45, 2.75) is 0 Å². The van der Waals surface area contributed by atoms with E-state index < -0.39 is 0 Å². The Morgan fingerprint density at radius 1 is 1.31 bits per heavy atom. The molecular formula is C11H10N4S. The van der Waals surface area contributed by atoms with Crippen LogP contribution in [-0.4, -0.2) is 14.8 Å². The Kier molecular flexibility index (Phi) is 1.94. The quantitative estimate of drug-likeness (QED) is 0.697. The highest BCUT2D eigenvalue weighted by molar-refractivity contribution is 7.21. The van der Waals surface area contributed by atoms with Crippen LogP contribution in [0.1, 0.15) is 0 Å². The van der Waals surface area contributed by atoms with Crippen LogP contribution in [0.5, 0.6) is 0 Å². The SMILES string of the molecule is Cn1ncc(N)c1-c1nc2ccccc2s1. The summed E-state index contributed by atoms with van der Waals surface area (Å²) in [5, 5.41) is 5.04. The number of thiazole rings is 1. The fourth-order valence-electron chi connectivity index (χ4n) is 1.69. The number of hydrogen-bond acceptors (Lipinski definition) is 4. The van der Waals surface area contributed by atoms with Crippen molar-refractivity contribution in [3.05, 3.63) is 30.5 Å². The van der Waals surface area contributed by atoms with Crippen LogP contribution in [0.3, 0.4) is 0 Å². The first-order valence-corrected chi connectivity index (χ1v) is 5.71. The van der Waals surface area contributed by atoms with Crippen LogP contribution < -0.4 is 5.73 Å². The molecule has 0 amide bonds. The Labute approximate surface area is 96.3 Å². The van der Waals surface area contributed by atoms with Gasteiger partial charge in [0, 0.05) is 7.05 Å². The molecule has 0 saturated carbocycles. The average molecular weight is 230 g/mol. The second kappa shape index (κ2) is 3.31. The minimum absolute atomic E-state index is 0.668. The van der Waals surface area contributed by atoms with E-state index in [1.807, 2.05) is 25.2 Å². The van der Waals surface area contributed by atoms with Crippen molar-refractivity contribution < 1.29 is 0 Å². The summed E-state index contributed by atoms with van der Waals surface area (Å²) < 4.78 is 2.92. The van der Waals surface area contributed by atoms with E-state index in [0.717, 1.165) is 20.9 Å². The molecule has 2 N–H and O–H groups in total. The van der Waals surface area contributed by atoms with Crippen molar-refractivity contribution in [3.8, 4) is 10.7 Å². The van der Waals surface area contributed by atoms with Gasteiger partial charge >= 0.3 is 0 Å². The van der Waals surface area contributed by atoms with Crippen LogP contribution in [0.2, 0.25) is 0 Å². The first-order valence-electron chi connectivity index (χ1n) is 4.89. The van der Waals surface area contributed by atoms with E-state index in [1.54, 1.807) is 22.2 Å². The van der Waals surface area contributed by atoms with Gasteiger partial charge in [0.15, 0.2) is 0 Å². The standard InChI is InChI=1S/C11H10N4S/c1-15-10(7(12)6-13-15)11-14-8-4-2-3-5-9(8)16-11/h2-6H,12H2,1H3. The maximum Gasteiger partial charge on any atom is 0.144 e. The van der Waals surface area contributed by atoms with E-state index in [0.29, 0.717) is 5.69 Å². The highest BCUT2D eigenvalue weighted by Crippen LogP contribution is 2.32. The van der Waals surface area contributed by atoms with E-state index in [4.69, 9.17) is 5.73 Å². The lowest BCUT2D eigenvalue weighted by molar-refractivity contribution is 0.775. The lowest BCUT2D eigenvalue weighted by Crippen LogP contribution is -1.95. The molecule has 2 aromatic heterocycles. The largest absolute Gasteiger partial charge is 0.396 e. The van der Waals surface area contributed by atoms with Crippen LogP contribution in [0, 0.1) is 0 Å². The Balaban J connectivity index is 2.27. The lowest BCUT2D eigenvalue weighted by Gasteiger charge is -1.97. The molecule has 0 aliphatic heterocycles. The van der Waals surface area contributed by atoms with Crippen LogP contribution in [0.4, 0.5) is 5.69 Å². The topological polar surface area (TPSA) is 56.7 Å². The van der Waals surface area contributed by atoms with Gasteiger partial charge in [-0.2, -0.15) is 5.10 Å². The Morgan fingerprint density at radius 3 is 2.81 bits per heavy atom. The number of fused-ring (bicyclic) bond motifs is 1. The van der Waals surface area contributed by atoms with Crippen molar-refractivity contribution in [1.29, 1.82) is 0 Å². The zero-order valence-corrected chi connectivity index (χ0v) is 9.53. The normalized spacial score (nSPS) is 11.1. The van der Waals surface area contributed by atoms with Gasteiger partial charge in [-0.3, -0.25) is 4.68 Å². The van der Waals surface area contributed by atoms with Crippen molar-refractivity contribution in [2.24, 2.45) is 7.05 Å². The van der Waals surface area contributed by atoms with Crippen LogP contribution in [0.15, 0.2) is 30.5 Å². The molecule has 2 heterocycles. The van der Waals surface area contributed by atoms with Crippen LogP contribution in [0.25, 0.3) is 20.9 Å². The van der Waals surface area contributed by atoms with Crippen molar-refractivity contribution in [2.75, 3.05) is 5.73 Å². The van der Waals surface area contributed by atoms with E-state index in [-0.39, 0.29) is 0 Å². The molecule has 1 aromatic carbocycles. The molecule has 0 unspecified atom stereocenters. The van der Waals surface area contributed by atoms with E-state index in [2.05, 4.69) is 16.1 Å². The highest BCUT2D eigenvalue weighted by Gasteiger charge is 2.12. The van der Waals surface area contributed by atoms with E-state index >= 15 is 0 Å². The van der Waals surface area contributed by atoms with Gasteiger partial charge in [0.2, 0.25) is 0 Å². The molecule has 16 heavy (non-hydrogen) atoms. The molecule has 80 valence electrons. The average Bonchev–Trinajstić information content (AvgIpc) is 2.82. The minimum Gasteiger partial charge on any atom is -0.396 e. The fourth-order valence-corrected chi connectivity index (χ4v) is 2.75. The van der Waals surface area contributed by atoms with Crippen molar-refractivity contribution in [1.82, 2.24) is 14.8 Å². The number of para-hydroxylation sites is 1. The molecule has 0 radical (unpaired) electrons. The molecule has 0 fully saturated rings. The van der Waals surface area contributed by atoms with Crippen LogP contribution in [-0.2, 0) is 7.05 Å². The molecule has 3 aromatic rings. The molecule has 0 atom stereocenters. The second-order valence-electron chi connectivity index (χ2n) is 3.56. The summed E-state index contributed by atoms with van der Waals surface area (Å²) in [7, 11) is 1.87. The summed E-state index contributed by atoms with van der Waals surface area (Å²) in [6.45, 7) is 0. The summed E-state index contributed by atoms with van der Waals surface area (Å²) in [5.74, 6) is 0. The number of rotatable bonds is 1. The third-order valence-corrected chi connectivity index (χ3v) is 3.51. The van der Waals surface area contributed by atoms with Gasteiger partial charge in [0.1, 0.15) is 10.7 Å². The molecule has 0 saturated heterocycles. The Hall–Kier alpha value is -1.88. The molecule has 4 nitrogen and oxygen atoms in total. The molecule has 3 rings (SSSR count).